The molecule has 19 heavy (non-hydrogen) atoms. The Morgan fingerprint density at radius 1 is 1.21 bits per heavy atom. The highest BCUT2D eigenvalue weighted by atomic mass is 16.5. The quantitative estimate of drug-likeness (QED) is 0.647. The Bertz CT molecular complexity index is 388. The maximum atomic E-state index is 11.0. The van der Waals surface area contributed by atoms with E-state index < -0.39 is 5.97 Å². The van der Waals surface area contributed by atoms with Crippen LogP contribution in [0.25, 0.3) is 0 Å². The van der Waals surface area contributed by atoms with Crippen molar-refractivity contribution >= 4 is 5.97 Å². The Morgan fingerprint density at radius 3 is 2.47 bits per heavy atom. The van der Waals surface area contributed by atoms with Crippen LogP contribution < -0.4 is 0 Å². The summed E-state index contributed by atoms with van der Waals surface area (Å²) in [5, 5.41) is 9.07. The van der Waals surface area contributed by atoms with Crippen molar-refractivity contribution in [1.29, 1.82) is 0 Å². The van der Waals surface area contributed by atoms with Gasteiger partial charge in [0.25, 0.3) is 0 Å². The molecule has 0 saturated carbocycles. The highest BCUT2D eigenvalue weighted by molar-refractivity contribution is 5.87. The number of aromatic carboxylic acids is 1. The van der Waals surface area contributed by atoms with Crippen LogP contribution in [0.2, 0.25) is 0 Å². The summed E-state index contributed by atoms with van der Waals surface area (Å²) in [5.41, 5.74) is 1.08. The number of carbonyl (C=O) groups is 1. The van der Waals surface area contributed by atoms with Crippen LogP contribution in [-0.4, -0.2) is 55.8 Å². The Morgan fingerprint density at radius 2 is 1.84 bits per heavy atom. The molecule has 1 heterocycles. The second kappa shape index (κ2) is 8.68. The van der Waals surface area contributed by atoms with Gasteiger partial charge in [-0.3, -0.25) is 0 Å². The third-order valence-electron chi connectivity index (χ3n) is 2.65. The summed E-state index contributed by atoms with van der Waals surface area (Å²) in [7, 11) is 1.62. The van der Waals surface area contributed by atoms with E-state index >= 15 is 0 Å². The minimum absolute atomic E-state index is 0.319. The number of nitrogens with zero attached hydrogens (tertiary/aromatic N) is 1. The second-order valence-electron chi connectivity index (χ2n) is 4.06. The fourth-order valence-corrected chi connectivity index (χ4v) is 1.69. The van der Waals surface area contributed by atoms with Crippen molar-refractivity contribution in [3.8, 4) is 0 Å². The lowest BCUT2D eigenvalue weighted by atomic mass is 10.3. The molecule has 1 aromatic rings. The molecule has 1 rings (SSSR count). The molecule has 6 heteroatoms. The van der Waals surface area contributed by atoms with Crippen LogP contribution in [0.1, 0.15) is 16.1 Å². The van der Waals surface area contributed by atoms with Crippen LogP contribution >= 0.6 is 0 Å². The van der Waals surface area contributed by atoms with Gasteiger partial charge in [-0.2, -0.15) is 0 Å². The number of rotatable bonds is 10. The summed E-state index contributed by atoms with van der Waals surface area (Å²) in [6, 6.07) is 1.79. The molecule has 0 fully saturated rings. The van der Waals surface area contributed by atoms with Gasteiger partial charge in [0, 0.05) is 19.9 Å². The Kier molecular flexibility index (Phi) is 7.17. The first-order chi connectivity index (χ1) is 9.16. The Labute approximate surface area is 112 Å². The van der Waals surface area contributed by atoms with Crippen LogP contribution in [0.15, 0.2) is 12.3 Å². The second-order valence-corrected chi connectivity index (χ2v) is 4.06. The highest BCUT2D eigenvalue weighted by Gasteiger charge is 2.12. The third-order valence-corrected chi connectivity index (χ3v) is 2.65. The molecular weight excluding hydrogens is 250 g/mol. The number of aromatic nitrogens is 1. The van der Waals surface area contributed by atoms with Gasteiger partial charge in [0.15, 0.2) is 0 Å². The molecule has 0 aliphatic heterocycles. The highest BCUT2D eigenvalue weighted by Crippen LogP contribution is 2.09. The smallest absolute Gasteiger partial charge is 0.352 e. The number of carboxylic acid groups (broad SMARTS) is 1. The van der Waals surface area contributed by atoms with E-state index in [0.29, 0.717) is 45.3 Å². The van der Waals surface area contributed by atoms with E-state index in [2.05, 4.69) is 0 Å². The molecule has 0 aliphatic carbocycles. The molecule has 6 nitrogen and oxygen atoms in total. The van der Waals surface area contributed by atoms with Gasteiger partial charge < -0.3 is 23.9 Å². The van der Waals surface area contributed by atoms with Gasteiger partial charge in [-0.25, -0.2) is 4.79 Å². The molecular formula is C13H21NO5. The molecule has 1 N–H and O–H groups in total. The largest absolute Gasteiger partial charge is 0.477 e. The number of aryl methyl sites for hydroxylation is 1. The molecule has 0 bridgehead atoms. The molecule has 0 amide bonds. The molecule has 108 valence electrons. The summed E-state index contributed by atoms with van der Waals surface area (Å²) in [6.45, 7) is 4.90. The van der Waals surface area contributed by atoms with Crippen molar-refractivity contribution < 1.29 is 24.1 Å². The first-order valence-corrected chi connectivity index (χ1v) is 6.20. The summed E-state index contributed by atoms with van der Waals surface area (Å²) < 4.78 is 17.1. The van der Waals surface area contributed by atoms with Crippen molar-refractivity contribution in [2.75, 3.05) is 40.1 Å². The monoisotopic (exact) mass is 271 g/mol. The van der Waals surface area contributed by atoms with E-state index in [9.17, 15) is 4.79 Å². The predicted octanol–water partition coefficient (Wildman–Crippen LogP) is 1.17. The zero-order chi connectivity index (χ0) is 14.1. The van der Waals surface area contributed by atoms with Crippen LogP contribution in [0.5, 0.6) is 0 Å². The van der Waals surface area contributed by atoms with Gasteiger partial charge in [0.05, 0.1) is 33.0 Å². The minimum Gasteiger partial charge on any atom is -0.477 e. The van der Waals surface area contributed by atoms with E-state index in [4.69, 9.17) is 19.3 Å². The first kappa shape index (κ1) is 15.7. The van der Waals surface area contributed by atoms with Crippen LogP contribution in [-0.2, 0) is 20.8 Å². The van der Waals surface area contributed by atoms with E-state index in [0.717, 1.165) is 5.56 Å². The summed E-state index contributed by atoms with van der Waals surface area (Å²) >= 11 is 0. The fourth-order valence-electron chi connectivity index (χ4n) is 1.69. The summed E-state index contributed by atoms with van der Waals surface area (Å²) in [6.07, 6.45) is 1.76. The van der Waals surface area contributed by atoms with E-state index in [1.165, 1.54) is 0 Å². The minimum atomic E-state index is -0.912. The molecule has 1 aromatic heterocycles. The molecule has 0 unspecified atom stereocenters. The Balaban J connectivity index is 2.18. The van der Waals surface area contributed by atoms with Gasteiger partial charge in [-0.1, -0.05) is 0 Å². The maximum Gasteiger partial charge on any atom is 0.352 e. The zero-order valence-electron chi connectivity index (χ0n) is 11.4. The van der Waals surface area contributed by atoms with E-state index in [1.54, 1.807) is 30.9 Å². The van der Waals surface area contributed by atoms with Crippen molar-refractivity contribution in [2.45, 2.75) is 13.5 Å². The van der Waals surface area contributed by atoms with Gasteiger partial charge in [-0.05, 0) is 18.6 Å². The molecule has 0 aromatic carbocycles. The van der Waals surface area contributed by atoms with Crippen molar-refractivity contribution in [2.24, 2.45) is 0 Å². The molecule has 0 atom stereocenters. The topological polar surface area (TPSA) is 69.9 Å². The molecule has 0 aliphatic rings. The third kappa shape index (κ3) is 5.42. The lowest BCUT2D eigenvalue weighted by Crippen LogP contribution is -2.14. The number of methoxy groups -OCH3 is 1. The van der Waals surface area contributed by atoms with Gasteiger partial charge in [-0.15, -0.1) is 0 Å². The van der Waals surface area contributed by atoms with E-state index in [-0.39, 0.29) is 0 Å². The molecule has 0 saturated heterocycles. The van der Waals surface area contributed by atoms with Gasteiger partial charge in [0.1, 0.15) is 5.69 Å². The number of hydrogen-bond acceptors (Lipinski definition) is 4. The number of ether oxygens (including phenoxy) is 3. The Hall–Kier alpha value is -1.37. The van der Waals surface area contributed by atoms with Crippen molar-refractivity contribution in [3.63, 3.8) is 0 Å². The number of hydrogen-bond donors (Lipinski definition) is 1. The summed E-state index contributed by atoms with van der Waals surface area (Å²) in [5.74, 6) is -0.912. The van der Waals surface area contributed by atoms with E-state index in [1.807, 2.05) is 0 Å². The van der Waals surface area contributed by atoms with Crippen LogP contribution in [0, 0.1) is 6.92 Å². The molecule has 0 spiro atoms. The average Bonchev–Trinajstić information content (AvgIpc) is 2.74. The maximum absolute atomic E-state index is 11.0. The predicted molar refractivity (Wildman–Crippen MR) is 69.6 cm³/mol. The standard InChI is InChI=1S/C13H21NO5/c1-11-3-4-14(12(11)13(15)16)5-6-18-9-10-19-8-7-17-2/h3-4H,5-10H2,1-2H3,(H,15,16). The lowest BCUT2D eigenvalue weighted by Gasteiger charge is -2.08. The first-order valence-electron chi connectivity index (χ1n) is 6.20. The van der Waals surface area contributed by atoms with Crippen LogP contribution in [0.3, 0.4) is 0 Å². The lowest BCUT2D eigenvalue weighted by molar-refractivity contribution is 0.0228. The van der Waals surface area contributed by atoms with Gasteiger partial charge in [0.2, 0.25) is 0 Å². The number of carboxylic acids is 1. The average molecular weight is 271 g/mol. The van der Waals surface area contributed by atoms with Crippen LogP contribution in [0.4, 0.5) is 0 Å². The fraction of sp³-hybridized carbons (Fsp3) is 0.615. The van der Waals surface area contributed by atoms with Crippen molar-refractivity contribution in [1.82, 2.24) is 4.57 Å². The normalized spacial score (nSPS) is 10.8. The van der Waals surface area contributed by atoms with Crippen molar-refractivity contribution in [3.05, 3.63) is 23.5 Å². The SMILES string of the molecule is COCCOCCOCCn1ccc(C)c1C(=O)O. The zero-order valence-corrected chi connectivity index (χ0v) is 11.4. The molecule has 0 radical (unpaired) electrons. The van der Waals surface area contributed by atoms with Gasteiger partial charge >= 0.3 is 5.97 Å². The summed E-state index contributed by atoms with van der Waals surface area (Å²) in [4.78, 5) is 11.0.